The fraction of sp³-hybridized carbons (Fsp3) is 0.0714. The first-order valence-corrected chi connectivity index (χ1v) is 6.37. The van der Waals surface area contributed by atoms with Crippen LogP contribution in [0.5, 0.6) is 5.75 Å². The van der Waals surface area contributed by atoms with E-state index in [1.54, 1.807) is 37.4 Å². The highest BCUT2D eigenvalue weighted by Crippen LogP contribution is 2.33. The lowest BCUT2D eigenvalue weighted by molar-refractivity contribution is 0.413. The molecule has 0 saturated heterocycles. The van der Waals surface area contributed by atoms with Gasteiger partial charge in [-0.2, -0.15) is 0 Å². The summed E-state index contributed by atoms with van der Waals surface area (Å²) in [4.78, 5) is 1.51. The number of nitrogens with one attached hydrogen (secondary N) is 1. The van der Waals surface area contributed by atoms with E-state index in [4.69, 9.17) is 15.9 Å². The molecule has 3 N–H and O–H groups in total. The summed E-state index contributed by atoms with van der Waals surface area (Å²) in [6.45, 7) is 0. The quantitative estimate of drug-likeness (QED) is 0.665. The second kappa shape index (κ2) is 5.75. The average Bonchev–Trinajstić information content (AvgIpc) is 2.38. The van der Waals surface area contributed by atoms with Gasteiger partial charge in [-0.1, -0.05) is 17.8 Å². The van der Waals surface area contributed by atoms with E-state index in [1.807, 2.05) is 0 Å². The summed E-state index contributed by atoms with van der Waals surface area (Å²) in [6, 6.07) is 11.5. The Balaban J connectivity index is 2.39. The van der Waals surface area contributed by atoms with Gasteiger partial charge in [0, 0.05) is 15.4 Å². The van der Waals surface area contributed by atoms with E-state index >= 15 is 0 Å². The lowest BCUT2D eigenvalue weighted by Crippen LogP contribution is -2.12. The SMILES string of the molecule is COc1ccc(C(=N)N)c(Sc2cccc(F)c2)c1. The van der Waals surface area contributed by atoms with E-state index in [0.29, 0.717) is 11.3 Å². The minimum Gasteiger partial charge on any atom is -0.497 e. The molecule has 0 aromatic heterocycles. The molecule has 0 heterocycles. The molecule has 19 heavy (non-hydrogen) atoms. The van der Waals surface area contributed by atoms with Crippen molar-refractivity contribution in [3.63, 3.8) is 0 Å². The standard InChI is InChI=1S/C14H13FN2OS/c1-18-10-5-6-12(14(16)17)13(8-10)19-11-4-2-3-9(15)7-11/h2-8H,1H3,(H3,16,17). The molecule has 3 nitrogen and oxygen atoms in total. The first-order chi connectivity index (χ1) is 9.10. The minimum atomic E-state index is -0.294. The van der Waals surface area contributed by atoms with Crippen LogP contribution in [0, 0.1) is 11.2 Å². The maximum absolute atomic E-state index is 13.2. The molecular formula is C14H13FN2OS. The van der Waals surface area contributed by atoms with E-state index in [1.165, 1.54) is 23.9 Å². The fourth-order valence-electron chi connectivity index (χ4n) is 1.59. The molecule has 0 aliphatic heterocycles. The zero-order chi connectivity index (χ0) is 13.8. The first-order valence-electron chi connectivity index (χ1n) is 5.56. The predicted molar refractivity (Wildman–Crippen MR) is 74.5 cm³/mol. The van der Waals surface area contributed by atoms with Crippen molar-refractivity contribution in [1.82, 2.24) is 0 Å². The number of ether oxygens (including phenoxy) is 1. The molecule has 0 bridgehead atoms. The van der Waals surface area contributed by atoms with Gasteiger partial charge in [0.15, 0.2) is 0 Å². The van der Waals surface area contributed by atoms with Crippen molar-refractivity contribution in [2.24, 2.45) is 5.73 Å². The maximum atomic E-state index is 13.2. The van der Waals surface area contributed by atoms with Crippen molar-refractivity contribution in [2.75, 3.05) is 7.11 Å². The number of hydrogen-bond acceptors (Lipinski definition) is 3. The van der Waals surface area contributed by atoms with Crippen molar-refractivity contribution >= 4 is 17.6 Å². The van der Waals surface area contributed by atoms with Crippen LogP contribution < -0.4 is 10.5 Å². The molecular weight excluding hydrogens is 263 g/mol. The van der Waals surface area contributed by atoms with Gasteiger partial charge in [0.2, 0.25) is 0 Å². The van der Waals surface area contributed by atoms with Crippen molar-refractivity contribution in [3.05, 3.63) is 53.8 Å². The number of hydrogen-bond donors (Lipinski definition) is 2. The summed E-state index contributed by atoms with van der Waals surface area (Å²) in [5, 5.41) is 7.56. The van der Waals surface area contributed by atoms with Gasteiger partial charge in [-0.25, -0.2) is 4.39 Å². The Hall–Kier alpha value is -2.01. The molecule has 2 aromatic carbocycles. The second-order valence-corrected chi connectivity index (χ2v) is 4.95. The van der Waals surface area contributed by atoms with Gasteiger partial charge in [-0.15, -0.1) is 0 Å². The lowest BCUT2D eigenvalue weighted by Gasteiger charge is -2.10. The highest BCUT2D eigenvalue weighted by Gasteiger charge is 2.09. The van der Waals surface area contributed by atoms with E-state index in [9.17, 15) is 4.39 Å². The normalized spacial score (nSPS) is 10.2. The third-order valence-electron chi connectivity index (χ3n) is 2.50. The van der Waals surface area contributed by atoms with Crippen LogP contribution in [0.2, 0.25) is 0 Å². The lowest BCUT2D eigenvalue weighted by atomic mass is 10.2. The van der Waals surface area contributed by atoms with E-state index in [0.717, 1.165) is 9.79 Å². The van der Waals surface area contributed by atoms with Crippen LogP contribution in [-0.4, -0.2) is 12.9 Å². The zero-order valence-corrected chi connectivity index (χ0v) is 11.1. The minimum absolute atomic E-state index is 0.0263. The van der Waals surface area contributed by atoms with E-state index in [2.05, 4.69) is 0 Å². The Morgan fingerprint density at radius 2 is 2.05 bits per heavy atom. The summed E-state index contributed by atoms with van der Waals surface area (Å²) in [5.41, 5.74) is 6.15. The third kappa shape index (κ3) is 3.26. The summed E-state index contributed by atoms with van der Waals surface area (Å²) in [5.74, 6) is 0.350. The zero-order valence-electron chi connectivity index (χ0n) is 10.3. The summed E-state index contributed by atoms with van der Waals surface area (Å²) in [7, 11) is 1.57. The van der Waals surface area contributed by atoms with Crippen molar-refractivity contribution in [1.29, 1.82) is 5.41 Å². The van der Waals surface area contributed by atoms with Crippen molar-refractivity contribution < 1.29 is 9.13 Å². The van der Waals surface area contributed by atoms with Crippen LogP contribution in [0.1, 0.15) is 5.56 Å². The fourth-order valence-corrected chi connectivity index (χ4v) is 2.63. The highest BCUT2D eigenvalue weighted by atomic mass is 32.2. The molecule has 0 radical (unpaired) electrons. The number of methoxy groups -OCH3 is 1. The molecule has 0 spiro atoms. The molecule has 0 amide bonds. The van der Waals surface area contributed by atoms with Crippen LogP contribution in [0.15, 0.2) is 52.3 Å². The summed E-state index contributed by atoms with van der Waals surface area (Å²) in [6.07, 6.45) is 0. The van der Waals surface area contributed by atoms with Crippen LogP contribution in [0.4, 0.5) is 4.39 Å². The molecule has 0 aliphatic rings. The number of benzene rings is 2. The number of rotatable bonds is 4. The van der Waals surface area contributed by atoms with Crippen molar-refractivity contribution in [2.45, 2.75) is 9.79 Å². The van der Waals surface area contributed by atoms with Crippen LogP contribution in [0.3, 0.4) is 0 Å². The van der Waals surface area contributed by atoms with Crippen molar-refractivity contribution in [3.8, 4) is 5.75 Å². The Morgan fingerprint density at radius 3 is 2.68 bits per heavy atom. The Labute approximate surface area is 115 Å². The van der Waals surface area contributed by atoms with E-state index in [-0.39, 0.29) is 11.7 Å². The molecule has 5 heteroatoms. The van der Waals surface area contributed by atoms with Gasteiger partial charge in [-0.3, -0.25) is 5.41 Å². The number of halogens is 1. The molecule has 0 fully saturated rings. The number of amidine groups is 1. The average molecular weight is 276 g/mol. The monoisotopic (exact) mass is 276 g/mol. The van der Waals surface area contributed by atoms with E-state index < -0.39 is 0 Å². The van der Waals surface area contributed by atoms with Gasteiger partial charge in [0.1, 0.15) is 17.4 Å². The topological polar surface area (TPSA) is 59.1 Å². The van der Waals surface area contributed by atoms with Gasteiger partial charge >= 0.3 is 0 Å². The van der Waals surface area contributed by atoms with Gasteiger partial charge in [0.25, 0.3) is 0 Å². The van der Waals surface area contributed by atoms with Crippen LogP contribution in [-0.2, 0) is 0 Å². The number of nitrogens with two attached hydrogens (primary N) is 1. The second-order valence-electron chi connectivity index (χ2n) is 3.84. The molecule has 2 aromatic rings. The van der Waals surface area contributed by atoms with Gasteiger partial charge in [-0.05, 0) is 36.4 Å². The van der Waals surface area contributed by atoms with Crippen LogP contribution >= 0.6 is 11.8 Å². The number of nitrogen functional groups attached to an aromatic ring is 1. The smallest absolute Gasteiger partial charge is 0.124 e. The Bertz CT molecular complexity index is 616. The van der Waals surface area contributed by atoms with Crippen LogP contribution in [0.25, 0.3) is 0 Å². The molecule has 0 saturated carbocycles. The molecule has 98 valence electrons. The molecule has 0 atom stereocenters. The first kappa shape index (κ1) is 13.4. The summed E-state index contributed by atoms with van der Waals surface area (Å²) < 4.78 is 18.3. The Kier molecular flexibility index (Phi) is 4.06. The molecule has 0 unspecified atom stereocenters. The maximum Gasteiger partial charge on any atom is 0.124 e. The molecule has 2 rings (SSSR count). The largest absolute Gasteiger partial charge is 0.497 e. The van der Waals surface area contributed by atoms with Gasteiger partial charge < -0.3 is 10.5 Å². The molecule has 0 aliphatic carbocycles. The highest BCUT2D eigenvalue weighted by molar-refractivity contribution is 7.99. The summed E-state index contributed by atoms with van der Waals surface area (Å²) >= 11 is 1.35. The third-order valence-corrected chi connectivity index (χ3v) is 3.55. The Morgan fingerprint density at radius 1 is 1.26 bits per heavy atom. The van der Waals surface area contributed by atoms with Gasteiger partial charge in [0.05, 0.1) is 7.11 Å². The predicted octanol–water partition coefficient (Wildman–Crippen LogP) is 3.27.